The molecule has 72 valence electrons. The fourth-order valence-electron chi connectivity index (χ4n) is 1.19. The van der Waals surface area contributed by atoms with Gasteiger partial charge in [0.25, 0.3) is 0 Å². The second-order valence-corrected chi connectivity index (χ2v) is 4.62. The molecule has 0 saturated carbocycles. The Morgan fingerprint density at radius 3 is 3.07 bits per heavy atom. The lowest BCUT2D eigenvalue weighted by molar-refractivity contribution is -0.114. The number of amides is 1. The first-order chi connectivity index (χ1) is 6.65. The van der Waals surface area contributed by atoms with Crippen molar-refractivity contribution in [3.8, 4) is 0 Å². The minimum absolute atomic E-state index is 0.0695. The number of aromatic nitrogens is 1. The minimum atomic E-state index is -0.0695. The van der Waals surface area contributed by atoms with Gasteiger partial charge in [-0.15, -0.1) is 24.0 Å². The molecule has 0 aliphatic heterocycles. The number of thiol groups is 1. The molecular formula is C9H8N2OS2. The maximum atomic E-state index is 10.8. The summed E-state index contributed by atoms with van der Waals surface area (Å²) in [7, 11) is 0. The summed E-state index contributed by atoms with van der Waals surface area (Å²) in [5.41, 5.74) is 1.70. The van der Waals surface area contributed by atoms with Crippen molar-refractivity contribution in [2.45, 2.75) is 11.3 Å². The highest BCUT2D eigenvalue weighted by atomic mass is 32.2. The number of hydrogen-bond donors (Lipinski definition) is 2. The Kier molecular flexibility index (Phi) is 2.43. The van der Waals surface area contributed by atoms with Gasteiger partial charge in [-0.3, -0.25) is 4.79 Å². The number of carbonyl (C=O) groups is 1. The standard InChI is InChI=1S/C9H8N2OS2/c1-5(12)10-6-2-3-7-8(4-6)14-9(13)11-7/h2-4H,1H3,(H,10,12)(H,11,13). The van der Waals surface area contributed by atoms with Crippen molar-refractivity contribution in [1.29, 1.82) is 0 Å². The van der Waals surface area contributed by atoms with Crippen LogP contribution >= 0.6 is 24.0 Å². The maximum Gasteiger partial charge on any atom is 0.221 e. The van der Waals surface area contributed by atoms with Crippen LogP contribution in [0.1, 0.15) is 6.92 Å². The van der Waals surface area contributed by atoms with Gasteiger partial charge in [-0.1, -0.05) is 0 Å². The van der Waals surface area contributed by atoms with Crippen molar-refractivity contribution in [2.75, 3.05) is 5.32 Å². The third-order valence-electron chi connectivity index (χ3n) is 1.70. The molecule has 0 spiro atoms. The molecule has 0 fully saturated rings. The number of rotatable bonds is 1. The van der Waals surface area contributed by atoms with Crippen LogP contribution in [0, 0.1) is 0 Å². The minimum Gasteiger partial charge on any atom is -0.326 e. The highest BCUT2D eigenvalue weighted by Crippen LogP contribution is 2.26. The van der Waals surface area contributed by atoms with E-state index in [-0.39, 0.29) is 5.91 Å². The number of anilines is 1. The second kappa shape index (κ2) is 3.59. The number of benzene rings is 1. The lowest BCUT2D eigenvalue weighted by Gasteiger charge is -1.99. The van der Waals surface area contributed by atoms with Crippen LogP contribution in [0.5, 0.6) is 0 Å². The zero-order chi connectivity index (χ0) is 10.1. The Hall–Kier alpha value is -1.07. The SMILES string of the molecule is CC(=O)Nc1ccc2nc(S)sc2c1. The van der Waals surface area contributed by atoms with Crippen LogP contribution in [0.4, 0.5) is 5.69 Å². The number of fused-ring (bicyclic) bond motifs is 1. The fourth-order valence-corrected chi connectivity index (χ4v) is 2.34. The van der Waals surface area contributed by atoms with E-state index in [0.717, 1.165) is 20.2 Å². The van der Waals surface area contributed by atoms with Gasteiger partial charge >= 0.3 is 0 Å². The van der Waals surface area contributed by atoms with Crippen LogP contribution in [-0.4, -0.2) is 10.9 Å². The Balaban J connectivity index is 2.45. The number of nitrogens with zero attached hydrogens (tertiary/aromatic N) is 1. The third-order valence-corrected chi connectivity index (χ3v) is 2.89. The molecule has 5 heteroatoms. The molecule has 1 N–H and O–H groups in total. The van der Waals surface area contributed by atoms with Gasteiger partial charge in [0, 0.05) is 12.6 Å². The van der Waals surface area contributed by atoms with E-state index in [4.69, 9.17) is 0 Å². The predicted octanol–water partition coefficient (Wildman–Crippen LogP) is 2.54. The molecule has 2 rings (SSSR count). The quantitative estimate of drug-likeness (QED) is 0.731. The van der Waals surface area contributed by atoms with Gasteiger partial charge in [0.1, 0.15) is 4.34 Å². The van der Waals surface area contributed by atoms with Crippen molar-refractivity contribution in [3.05, 3.63) is 18.2 Å². The molecule has 1 amide bonds. The van der Waals surface area contributed by atoms with Crippen LogP contribution in [0.3, 0.4) is 0 Å². The lowest BCUT2D eigenvalue weighted by atomic mass is 10.3. The zero-order valence-electron chi connectivity index (χ0n) is 7.44. The third kappa shape index (κ3) is 1.88. The van der Waals surface area contributed by atoms with Gasteiger partial charge in [0.15, 0.2) is 0 Å². The molecular weight excluding hydrogens is 216 g/mol. The molecule has 1 aromatic heterocycles. The Morgan fingerprint density at radius 1 is 1.57 bits per heavy atom. The molecule has 1 aromatic carbocycles. The average Bonchev–Trinajstić information content (AvgIpc) is 2.42. The predicted molar refractivity (Wildman–Crippen MR) is 61.2 cm³/mol. The highest BCUT2D eigenvalue weighted by molar-refractivity contribution is 7.82. The molecule has 3 nitrogen and oxygen atoms in total. The maximum absolute atomic E-state index is 10.8. The van der Waals surface area contributed by atoms with Crippen LogP contribution in [-0.2, 0) is 4.79 Å². The Labute approximate surface area is 90.6 Å². The van der Waals surface area contributed by atoms with E-state index in [2.05, 4.69) is 22.9 Å². The average molecular weight is 224 g/mol. The summed E-state index contributed by atoms with van der Waals surface area (Å²) in [6, 6.07) is 5.60. The van der Waals surface area contributed by atoms with E-state index < -0.39 is 0 Å². The molecule has 0 atom stereocenters. The van der Waals surface area contributed by atoms with Crippen molar-refractivity contribution < 1.29 is 4.79 Å². The lowest BCUT2D eigenvalue weighted by Crippen LogP contribution is -2.05. The van der Waals surface area contributed by atoms with Gasteiger partial charge in [0.05, 0.1) is 10.2 Å². The highest BCUT2D eigenvalue weighted by Gasteiger charge is 2.02. The topological polar surface area (TPSA) is 42.0 Å². The first-order valence-corrected chi connectivity index (χ1v) is 5.28. The molecule has 0 radical (unpaired) electrons. The van der Waals surface area contributed by atoms with E-state index in [9.17, 15) is 4.79 Å². The van der Waals surface area contributed by atoms with Gasteiger partial charge in [0.2, 0.25) is 5.91 Å². The summed E-state index contributed by atoms with van der Waals surface area (Å²) in [4.78, 5) is 15.0. The second-order valence-electron chi connectivity index (χ2n) is 2.86. The monoisotopic (exact) mass is 224 g/mol. The molecule has 0 saturated heterocycles. The van der Waals surface area contributed by atoms with Crippen molar-refractivity contribution >= 4 is 45.8 Å². The zero-order valence-corrected chi connectivity index (χ0v) is 9.15. The molecule has 0 aliphatic rings. The largest absolute Gasteiger partial charge is 0.326 e. The molecule has 0 bridgehead atoms. The molecule has 0 aliphatic carbocycles. The number of carbonyl (C=O) groups excluding carboxylic acids is 1. The molecule has 1 heterocycles. The summed E-state index contributed by atoms with van der Waals surface area (Å²) < 4.78 is 1.77. The number of nitrogens with one attached hydrogen (secondary N) is 1. The fraction of sp³-hybridized carbons (Fsp3) is 0.111. The summed E-state index contributed by atoms with van der Waals surface area (Å²) >= 11 is 5.66. The van der Waals surface area contributed by atoms with Crippen LogP contribution in [0.15, 0.2) is 22.5 Å². The van der Waals surface area contributed by atoms with Gasteiger partial charge in [-0.25, -0.2) is 4.98 Å². The molecule has 0 unspecified atom stereocenters. The Bertz CT molecular complexity index is 493. The van der Waals surface area contributed by atoms with Crippen LogP contribution in [0.2, 0.25) is 0 Å². The van der Waals surface area contributed by atoms with E-state index in [1.165, 1.54) is 18.3 Å². The van der Waals surface area contributed by atoms with E-state index >= 15 is 0 Å². The van der Waals surface area contributed by atoms with E-state index in [1.54, 1.807) is 0 Å². The van der Waals surface area contributed by atoms with E-state index in [1.807, 2.05) is 18.2 Å². The van der Waals surface area contributed by atoms with Crippen molar-refractivity contribution in [2.24, 2.45) is 0 Å². The first kappa shape index (κ1) is 9.48. The molecule has 14 heavy (non-hydrogen) atoms. The van der Waals surface area contributed by atoms with Crippen LogP contribution in [0.25, 0.3) is 10.2 Å². The van der Waals surface area contributed by atoms with Crippen molar-refractivity contribution in [1.82, 2.24) is 4.98 Å². The summed E-state index contributed by atoms with van der Waals surface area (Å²) in [5.74, 6) is -0.0695. The normalized spacial score (nSPS) is 10.4. The van der Waals surface area contributed by atoms with Gasteiger partial charge in [-0.2, -0.15) is 0 Å². The first-order valence-electron chi connectivity index (χ1n) is 4.02. The summed E-state index contributed by atoms with van der Waals surface area (Å²) in [5, 5.41) is 2.72. The smallest absolute Gasteiger partial charge is 0.221 e. The van der Waals surface area contributed by atoms with Crippen molar-refractivity contribution in [3.63, 3.8) is 0 Å². The number of thiazole rings is 1. The van der Waals surface area contributed by atoms with Gasteiger partial charge in [-0.05, 0) is 18.2 Å². The summed E-state index contributed by atoms with van der Waals surface area (Å²) in [6.45, 7) is 1.49. The molecule has 2 aromatic rings. The Morgan fingerprint density at radius 2 is 2.36 bits per heavy atom. The number of hydrogen-bond acceptors (Lipinski definition) is 4. The summed E-state index contributed by atoms with van der Waals surface area (Å²) in [6.07, 6.45) is 0. The van der Waals surface area contributed by atoms with E-state index in [0.29, 0.717) is 0 Å². The van der Waals surface area contributed by atoms with Crippen LogP contribution < -0.4 is 5.32 Å². The van der Waals surface area contributed by atoms with Gasteiger partial charge < -0.3 is 5.32 Å².